The minimum absolute atomic E-state index is 0.0173. The average Bonchev–Trinajstić information content (AvgIpc) is 2.36. The van der Waals surface area contributed by atoms with Gasteiger partial charge in [-0.3, -0.25) is 10.2 Å². The third kappa shape index (κ3) is 4.69. The van der Waals surface area contributed by atoms with E-state index in [4.69, 9.17) is 5.26 Å². The third-order valence-corrected chi connectivity index (χ3v) is 3.48. The van der Waals surface area contributed by atoms with Crippen LogP contribution in [0.1, 0.15) is 25.8 Å². The van der Waals surface area contributed by atoms with Crippen LogP contribution in [0.4, 0.5) is 0 Å². The molecule has 7 heteroatoms. The molecule has 0 fully saturated rings. The molecule has 0 saturated heterocycles. The predicted octanol–water partition coefficient (Wildman–Crippen LogP) is 0.914. The lowest BCUT2D eigenvalue weighted by atomic mass is 10.1. The summed E-state index contributed by atoms with van der Waals surface area (Å²) in [6.07, 6.45) is 0.232. The number of nitriles is 1. The molecule has 0 aliphatic rings. The lowest BCUT2D eigenvalue weighted by Crippen LogP contribution is -2.41. The Morgan fingerprint density at radius 3 is 2.37 bits per heavy atom. The first-order valence-corrected chi connectivity index (χ1v) is 7.14. The maximum absolute atomic E-state index is 11.8. The molecule has 0 aliphatic carbocycles. The largest absolute Gasteiger partial charge is 0.278 e. The summed E-state index contributed by atoms with van der Waals surface area (Å²) in [4.78, 5) is 13.3. The smallest absolute Gasteiger partial charge is 0.257 e. The number of carbonyl (C=O) groups is 1. The van der Waals surface area contributed by atoms with Crippen molar-refractivity contribution in [1.29, 1.82) is 5.26 Å². The van der Waals surface area contributed by atoms with Crippen LogP contribution < -0.4 is 10.3 Å². The van der Waals surface area contributed by atoms with Gasteiger partial charge in [-0.05, 0) is 30.2 Å². The molecule has 0 atom stereocenters. The standard InChI is InChI=1S/C12H15N3O3S/c1-9(2)7-12(16)14-15-19(17,18)11-5-3-10(8-13)4-6-11/h3-6,9,15H,7H2,1-2H3,(H,14,16). The minimum Gasteiger partial charge on any atom is -0.278 e. The van der Waals surface area contributed by atoms with Crippen LogP contribution in [0.25, 0.3) is 0 Å². The van der Waals surface area contributed by atoms with Crippen LogP contribution in [0.3, 0.4) is 0 Å². The van der Waals surface area contributed by atoms with E-state index in [-0.39, 0.29) is 17.2 Å². The molecule has 0 unspecified atom stereocenters. The molecule has 0 aliphatic heterocycles. The van der Waals surface area contributed by atoms with Crippen molar-refractivity contribution in [1.82, 2.24) is 10.3 Å². The van der Waals surface area contributed by atoms with Gasteiger partial charge in [0.1, 0.15) is 0 Å². The molecule has 2 N–H and O–H groups in total. The normalized spacial score (nSPS) is 11.1. The van der Waals surface area contributed by atoms with Gasteiger partial charge in [0.05, 0.1) is 16.5 Å². The molecule has 1 aromatic rings. The van der Waals surface area contributed by atoms with E-state index in [9.17, 15) is 13.2 Å². The van der Waals surface area contributed by atoms with Crippen molar-refractivity contribution < 1.29 is 13.2 Å². The quantitative estimate of drug-likeness (QED) is 0.784. The monoisotopic (exact) mass is 281 g/mol. The maximum Gasteiger partial charge on any atom is 0.257 e. The van der Waals surface area contributed by atoms with Crippen LogP contribution in [0.2, 0.25) is 0 Å². The summed E-state index contributed by atoms with van der Waals surface area (Å²) >= 11 is 0. The molecule has 0 spiro atoms. The van der Waals surface area contributed by atoms with Crippen molar-refractivity contribution in [3.05, 3.63) is 29.8 Å². The summed E-state index contributed by atoms with van der Waals surface area (Å²) in [5.41, 5.74) is 2.50. The van der Waals surface area contributed by atoms with E-state index in [1.807, 2.05) is 24.7 Å². The van der Waals surface area contributed by atoms with E-state index in [1.165, 1.54) is 24.3 Å². The van der Waals surface area contributed by atoms with Gasteiger partial charge in [-0.2, -0.15) is 5.26 Å². The fourth-order valence-corrected chi connectivity index (χ4v) is 2.17. The van der Waals surface area contributed by atoms with E-state index < -0.39 is 15.9 Å². The number of nitrogens with zero attached hydrogens (tertiary/aromatic N) is 1. The molecular formula is C12H15N3O3S. The summed E-state index contributed by atoms with van der Waals surface area (Å²) in [5.74, 6) is -0.258. The van der Waals surface area contributed by atoms with Crippen LogP contribution in [0.5, 0.6) is 0 Å². The summed E-state index contributed by atoms with van der Waals surface area (Å²) in [5, 5.41) is 8.62. The van der Waals surface area contributed by atoms with Crippen LogP contribution >= 0.6 is 0 Å². The Labute approximate surface area is 112 Å². The average molecular weight is 281 g/mol. The Morgan fingerprint density at radius 1 is 1.32 bits per heavy atom. The molecular weight excluding hydrogens is 266 g/mol. The fraction of sp³-hybridized carbons (Fsp3) is 0.333. The Kier molecular flexibility index (Phi) is 5.03. The molecule has 102 valence electrons. The van der Waals surface area contributed by atoms with Crippen molar-refractivity contribution in [2.45, 2.75) is 25.2 Å². The molecule has 1 amide bonds. The first-order valence-electron chi connectivity index (χ1n) is 5.66. The lowest BCUT2D eigenvalue weighted by molar-refractivity contribution is -0.122. The van der Waals surface area contributed by atoms with Gasteiger partial charge in [0.2, 0.25) is 5.91 Å². The predicted molar refractivity (Wildman–Crippen MR) is 69.1 cm³/mol. The molecule has 0 saturated carbocycles. The highest BCUT2D eigenvalue weighted by atomic mass is 32.2. The second kappa shape index (κ2) is 6.31. The van der Waals surface area contributed by atoms with Gasteiger partial charge in [-0.1, -0.05) is 13.8 Å². The number of carbonyl (C=O) groups excluding carboxylic acids is 1. The highest BCUT2D eigenvalue weighted by molar-refractivity contribution is 7.89. The Bertz CT molecular complexity index is 586. The number of hydrogen-bond donors (Lipinski definition) is 2. The SMILES string of the molecule is CC(C)CC(=O)NNS(=O)(=O)c1ccc(C#N)cc1. The van der Waals surface area contributed by atoms with Crippen molar-refractivity contribution in [2.24, 2.45) is 5.92 Å². The van der Waals surface area contributed by atoms with E-state index in [2.05, 4.69) is 5.43 Å². The van der Waals surface area contributed by atoms with Crippen molar-refractivity contribution in [3.8, 4) is 6.07 Å². The molecule has 0 bridgehead atoms. The van der Waals surface area contributed by atoms with Crippen LogP contribution in [-0.4, -0.2) is 14.3 Å². The third-order valence-electron chi connectivity index (χ3n) is 2.21. The molecule has 0 heterocycles. The van der Waals surface area contributed by atoms with E-state index in [0.717, 1.165) is 0 Å². The number of hydrogen-bond acceptors (Lipinski definition) is 4. The Hall–Kier alpha value is -1.91. The van der Waals surface area contributed by atoms with Gasteiger partial charge in [-0.15, -0.1) is 4.83 Å². The molecule has 1 rings (SSSR count). The number of rotatable bonds is 5. The van der Waals surface area contributed by atoms with Gasteiger partial charge < -0.3 is 0 Å². The molecule has 6 nitrogen and oxygen atoms in total. The van der Waals surface area contributed by atoms with Crippen molar-refractivity contribution in [3.63, 3.8) is 0 Å². The van der Waals surface area contributed by atoms with Crippen LogP contribution in [0.15, 0.2) is 29.2 Å². The van der Waals surface area contributed by atoms with E-state index >= 15 is 0 Å². The number of sulfonamides is 1. The van der Waals surface area contributed by atoms with Gasteiger partial charge >= 0.3 is 0 Å². The maximum atomic E-state index is 11.8. The second-order valence-electron chi connectivity index (χ2n) is 4.39. The zero-order chi connectivity index (χ0) is 14.5. The van der Waals surface area contributed by atoms with Crippen LogP contribution in [-0.2, 0) is 14.8 Å². The van der Waals surface area contributed by atoms with Crippen LogP contribution in [0, 0.1) is 17.2 Å². The molecule has 0 radical (unpaired) electrons. The van der Waals surface area contributed by atoms with Crippen molar-refractivity contribution >= 4 is 15.9 Å². The van der Waals surface area contributed by atoms with Gasteiger partial charge in [0, 0.05) is 6.42 Å². The van der Waals surface area contributed by atoms with Gasteiger partial charge in [0.25, 0.3) is 10.0 Å². The Balaban J connectivity index is 2.71. The van der Waals surface area contributed by atoms with Crippen molar-refractivity contribution in [2.75, 3.05) is 0 Å². The highest BCUT2D eigenvalue weighted by Crippen LogP contribution is 2.09. The first-order chi connectivity index (χ1) is 8.85. The second-order valence-corrected chi connectivity index (χ2v) is 6.07. The van der Waals surface area contributed by atoms with E-state index in [1.54, 1.807) is 0 Å². The molecule has 0 aromatic heterocycles. The first kappa shape index (κ1) is 15.1. The number of benzene rings is 1. The fourth-order valence-electron chi connectivity index (χ4n) is 1.31. The van der Waals surface area contributed by atoms with E-state index in [0.29, 0.717) is 5.56 Å². The lowest BCUT2D eigenvalue weighted by Gasteiger charge is -2.09. The zero-order valence-corrected chi connectivity index (χ0v) is 11.5. The number of amides is 1. The summed E-state index contributed by atoms with van der Waals surface area (Å²) in [6.45, 7) is 3.71. The molecule has 1 aromatic carbocycles. The van der Waals surface area contributed by atoms with Gasteiger partial charge in [-0.25, -0.2) is 8.42 Å². The topological polar surface area (TPSA) is 99.1 Å². The highest BCUT2D eigenvalue weighted by Gasteiger charge is 2.15. The van der Waals surface area contributed by atoms with Gasteiger partial charge in [0.15, 0.2) is 0 Å². The Morgan fingerprint density at radius 2 is 1.89 bits per heavy atom. The summed E-state index contributed by atoms with van der Waals surface area (Å²) in [7, 11) is -3.81. The molecule has 19 heavy (non-hydrogen) atoms. The number of hydrazine groups is 1. The zero-order valence-electron chi connectivity index (χ0n) is 10.7. The summed E-state index contributed by atoms with van der Waals surface area (Å²) in [6, 6.07) is 7.28. The minimum atomic E-state index is -3.81. The number of nitrogens with one attached hydrogen (secondary N) is 2. The summed E-state index contributed by atoms with van der Waals surface area (Å²) < 4.78 is 23.6.